The second kappa shape index (κ2) is 7.28. The highest BCUT2D eigenvalue weighted by molar-refractivity contribution is 5.81. The molecule has 27 heavy (non-hydrogen) atoms. The molecule has 0 saturated carbocycles. The summed E-state index contributed by atoms with van der Waals surface area (Å²) in [5.74, 6) is 1.39. The fraction of sp³-hybridized carbons (Fsp3) is 0.591. The van der Waals surface area contributed by atoms with Gasteiger partial charge in [-0.25, -0.2) is 0 Å². The van der Waals surface area contributed by atoms with E-state index in [1.807, 2.05) is 17.0 Å². The van der Waals surface area contributed by atoms with E-state index >= 15 is 0 Å². The minimum absolute atomic E-state index is 0.0950. The lowest BCUT2D eigenvalue weighted by molar-refractivity contribution is -0.130. The van der Waals surface area contributed by atoms with Gasteiger partial charge >= 0.3 is 0 Å². The first-order valence-electron chi connectivity index (χ1n) is 10.2. The fourth-order valence-electron chi connectivity index (χ4n) is 4.82. The van der Waals surface area contributed by atoms with Crippen molar-refractivity contribution in [2.75, 3.05) is 39.8 Å². The monoisotopic (exact) mass is 369 g/mol. The summed E-state index contributed by atoms with van der Waals surface area (Å²) in [5, 5.41) is 1.22. The van der Waals surface area contributed by atoms with Crippen LogP contribution >= 0.6 is 0 Å². The van der Waals surface area contributed by atoms with Crippen LogP contribution in [0.25, 0.3) is 11.0 Å². The second-order valence-corrected chi connectivity index (χ2v) is 8.23. The van der Waals surface area contributed by atoms with Gasteiger partial charge < -0.3 is 9.32 Å². The lowest BCUT2D eigenvalue weighted by atomic mass is 9.86. The van der Waals surface area contributed by atoms with Gasteiger partial charge in [-0.3, -0.25) is 14.6 Å². The van der Waals surface area contributed by atoms with Crippen molar-refractivity contribution < 1.29 is 9.21 Å². The molecule has 1 spiro atoms. The maximum absolute atomic E-state index is 12.4. The van der Waals surface area contributed by atoms with Crippen LogP contribution in [0.4, 0.5) is 0 Å². The highest BCUT2D eigenvalue weighted by Gasteiger charge is 2.42. The third-order valence-electron chi connectivity index (χ3n) is 6.77. The molecule has 0 radical (unpaired) electrons. The molecule has 3 heterocycles. The molecule has 2 fully saturated rings. The predicted molar refractivity (Wildman–Crippen MR) is 108 cm³/mol. The van der Waals surface area contributed by atoms with E-state index in [2.05, 4.69) is 42.8 Å². The van der Waals surface area contributed by atoms with Gasteiger partial charge in [-0.05, 0) is 45.4 Å². The maximum Gasteiger partial charge on any atom is 0.222 e. The number of likely N-dealkylation sites (tertiary alicyclic amines) is 1. The predicted octanol–water partition coefficient (Wildman–Crippen LogP) is 3.26. The Morgan fingerprint density at radius 3 is 2.74 bits per heavy atom. The number of amides is 1. The van der Waals surface area contributed by atoms with E-state index in [4.69, 9.17) is 4.42 Å². The Labute approximate surface area is 161 Å². The van der Waals surface area contributed by atoms with E-state index in [0.717, 1.165) is 63.5 Å². The molecular weight excluding hydrogens is 338 g/mol. The van der Waals surface area contributed by atoms with E-state index in [9.17, 15) is 4.79 Å². The van der Waals surface area contributed by atoms with E-state index in [0.29, 0.717) is 12.3 Å². The molecule has 1 amide bonds. The molecule has 4 rings (SSSR count). The van der Waals surface area contributed by atoms with E-state index < -0.39 is 0 Å². The van der Waals surface area contributed by atoms with Gasteiger partial charge in [0.05, 0.1) is 6.54 Å². The molecule has 5 nitrogen and oxygen atoms in total. The molecular formula is C22H31N3O2. The summed E-state index contributed by atoms with van der Waals surface area (Å²) in [7, 11) is 2.23. The van der Waals surface area contributed by atoms with Crippen molar-refractivity contribution in [2.24, 2.45) is 0 Å². The molecule has 1 aromatic heterocycles. The smallest absolute Gasteiger partial charge is 0.222 e. The zero-order chi connectivity index (χ0) is 19.0. The number of fused-ring (bicyclic) bond motifs is 1. The van der Waals surface area contributed by atoms with Crippen LogP contribution in [0.2, 0.25) is 0 Å². The van der Waals surface area contributed by atoms with Crippen molar-refractivity contribution in [2.45, 2.75) is 45.2 Å². The van der Waals surface area contributed by atoms with Crippen molar-refractivity contribution in [1.82, 2.24) is 14.7 Å². The molecule has 146 valence electrons. The standard InChI is InChI=1S/C22H31N3O2/c1-4-25-12-11-22(10-9-21(25)26)16-24(14-13-23(22)3)15-20-17(2)18-7-5-6-8-19(18)27-20/h5-8H,4,9-16H2,1-3H3/t22-/m1/s1. The Kier molecular flexibility index (Phi) is 4.99. The summed E-state index contributed by atoms with van der Waals surface area (Å²) in [5.41, 5.74) is 2.33. The Morgan fingerprint density at radius 1 is 1.15 bits per heavy atom. The van der Waals surface area contributed by atoms with Gasteiger partial charge in [0.15, 0.2) is 0 Å². The Morgan fingerprint density at radius 2 is 1.96 bits per heavy atom. The zero-order valence-electron chi connectivity index (χ0n) is 16.8. The summed E-state index contributed by atoms with van der Waals surface area (Å²) in [6, 6.07) is 8.29. The number of hydrogen-bond acceptors (Lipinski definition) is 4. The number of carbonyl (C=O) groups excluding carboxylic acids is 1. The first-order valence-corrected chi connectivity index (χ1v) is 10.2. The maximum atomic E-state index is 12.4. The van der Waals surface area contributed by atoms with Crippen LogP contribution in [0.15, 0.2) is 28.7 Å². The zero-order valence-corrected chi connectivity index (χ0v) is 16.8. The first kappa shape index (κ1) is 18.5. The summed E-state index contributed by atoms with van der Waals surface area (Å²) in [6.45, 7) is 9.87. The Bertz CT molecular complexity index is 830. The minimum atomic E-state index is 0.0950. The molecule has 1 aromatic carbocycles. The molecule has 5 heteroatoms. The van der Waals surface area contributed by atoms with Crippen LogP contribution in [-0.2, 0) is 11.3 Å². The van der Waals surface area contributed by atoms with Crippen LogP contribution in [-0.4, -0.2) is 65.9 Å². The molecule has 0 aliphatic carbocycles. The van der Waals surface area contributed by atoms with Crippen LogP contribution < -0.4 is 0 Å². The number of furan rings is 1. The SMILES string of the molecule is CCN1CC[C@]2(CCC1=O)CN(Cc1oc3ccccc3c1C)CCN2C. The molecule has 1 atom stereocenters. The first-order chi connectivity index (χ1) is 13.0. The Balaban J connectivity index is 1.53. The molecule has 2 aliphatic heterocycles. The summed E-state index contributed by atoms with van der Waals surface area (Å²) in [6.07, 6.45) is 2.67. The van der Waals surface area contributed by atoms with Crippen LogP contribution in [0.5, 0.6) is 0 Å². The fourth-order valence-corrected chi connectivity index (χ4v) is 4.82. The normalized spacial score (nSPS) is 25.4. The summed E-state index contributed by atoms with van der Waals surface area (Å²) in [4.78, 5) is 19.4. The molecule has 2 aromatic rings. The highest BCUT2D eigenvalue weighted by Crippen LogP contribution is 2.33. The van der Waals surface area contributed by atoms with Crippen LogP contribution in [0.3, 0.4) is 0 Å². The minimum Gasteiger partial charge on any atom is -0.459 e. The van der Waals surface area contributed by atoms with Gasteiger partial charge in [0.1, 0.15) is 11.3 Å². The van der Waals surface area contributed by atoms with Gasteiger partial charge in [0.25, 0.3) is 0 Å². The van der Waals surface area contributed by atoms with Crippen molar-refractivity contribution >= 4 is 16.9 Å². The number of hydrogen-bond donors (Lipinski definition) is 0. The highest BCUT2D eigenvalue weighted by atomic mass is 16.3. The third kappa shape index (κ3) is 3.39. The van der Waals surface area contributed by atoms with E-state index in [1.165, 1.54) is 10.9 Å². The van der Waals surface area contributed by atoms with E-state index in [1.54, 1.807) is 0 Å². The van der Waals surface area contributed by atoms with Crippen LogP contribution in [0.1, 0.15) is 37.5 Å². The Hall–Kier alpha value is -1.85. The van der Waals surface area contributed by atoms with Gasteiger partial charge in [0, 0.05) is 50.1 Å². The van der Waals surface area contributed by atoms with Crippen LogP contribution in [0, 0.1) is 6.92 Å². The number of para-hydroxylation sites is 1. The average molecular weight is 370 g/mol. The summed E-state index contributed by atoms with van der Waals surface area (Å²) >= 11 is 0. The number of carbonyl (C=O) groups is 1. The quantitative estimate of drug-likeness (QED) is 0.833. The number of aryl methyl sites for hydroxylation is 1. The number of rotatable bonds is 3. The van der Waals surface area contributed by atoms with Crippen molar-refractivity contribution in [3.63, 3.8) is 0 Å². The van der Waals surface area contributed by atoms with Crippen molar-refractivity contribution in [3.8, 4) is 0 Å². The number of nitrogens with zero attached hydrogens (tertiary/aromatic N) is 3. The number of benzene rings is 1. The van der Waals surface area contributed by atoms with Gasteiger partial charge in [-0.1, -0.05) is 18.2 Å². The van der Waals surface area contributed by atoms with E-state index in [-0.39, 0.29) is 5.54 Å². The largest absolute Gasteiger partial charge is 0.459 e. The van der Waals surface area contributed by atoms with Crippen molar-refractivity contribution in [3.05, 3.63) is 35.6 Å². The van der Waals surface area contributed by atoms with Gasteiger partial charge in [-0.15, -0.1) is 0 Å². The molecule has 2 saturated heterocycles. The van der Waals surface area contributed by atoms with Gasteiger partial charge in [0.2, 0.25) is 5.91 Å². The summed E-state index contributed by atoms with van der Waals surface area (Å²) < 4.78 is 6.16. The molecule has 0 unspecified atom stereocenters. The molecule has 0 bridgehead atoms. The lowest BCUT2D eigenvalue weighted by Crippen LogP contribution is -2.60. The number of piperazine rings is 1. The molecule has 2 aliphatic rings. The lowest BCUT2D eigenvalue weighted by Gasteiger charge is -2.49. The average Bonchev–Trinajstić information content (AvgIpc) is 2.89. The van der Waals surface area contributed by atoms with Gasteiger partial charge in [-0.2, -0.15) is 0 Å². The topological polar surface area (TPSA) is 39.9 Å². The molecule has 0 N–H and O–H groups in total. The second-order valence-electron chi connectivity index (χ2n) is 8.23. The number of likely N-dealkylation sites (N-methyl/N-ethyl adjacent to an activating group) is 1. The third-order valence-corrected chi connectivity index (χ3v) is 6.77. The van der Waals surface area contributed by atoms with Crippen molar-refractivity contribution in [1.29, 1.82) is 0 Å².